The van der Waals surface area contributed by atoms with Crippen LogP contribution >= 0.6 is 0 Å². The molecule has 1 aliphatic heterocycles. The predicted molar refractivity (Wildman–Crippen MR) is 85.7 cm³/mol. The number of aliphatic hydroxyl groups is 2. The monoisotopic (exact) mass is 306 g/mol. The Morgan fingerprint density at radius 2 is 2.05 bits per heavy atom. The Bertz CT molecular complexity index is 519. The summed E-state index contributed by atoms with van der Waals surface area (Å²) in [5.74, 6) is 0.0543. The van der Waals surface area contributed by atoms with Gasteiger partial charge >= 0.3 is 0 Å². The zero-order valence-electron chi connectivity index (χ0n) is 13.5. The molecule has 5 heteroatoms. The topological polar surface area (TPSA) is 64.0 Å². The average Bonchev–Trinajstić information content (AvgIpc) is 2.65. The highest BCUT2D eigenvalue weighted by atomic mass is 16.3. The summed E-state index contributed by atoms with van der Waals surface area (Å²) in [6, 6.07) is 6.14. The zero-order chi connectivity index (χ0) is 16.1. The highest BCUT2D eigenvalue weighted by molar-refractivity contribution is 5.79. The van der Waals surface area contributed by atoms with E-state index in [1.165, 1.54) is 0 Å². The first kappa shape index (κ1) is 16.9. The van der Waals surface area contributed by atoms with Crippen LogP contribution in [0.1, 0.15) is 16.7 Å². The van der Waals surface area contributed by atoms with Gasteiger partial charge in [0.2, 0.25) is 5.91 Å². The van der Waals surface area contributed by atoms with E-state index in [9.17, 15) is 9.90 Å². The summed E-state index contributed by atoms with van der Waals surface area (Å²) < 4.78 is 0. The number of carbonyl (C=O) groups is 1. The lowest BCUT2D eigenvalue weighted by molar-refractivity contribution is -0.131. The first-order valence-electron chi connectivity index (χ1n) is 7.84. The highest BCUT2D eigenvalue weighted by Crippen LogP contribution is 2.13. The molecule has 1 aromatic carbocycles. The van der Waals surface area contributed by atoms with Crippen LogP contribution in [-0.4, -0.2) is 71.4 Å². The second-order valence-electron chi connectivity index (χ2n) is 6.12. The molecule has 1 heterocycles. The molecule has 122 valence electrons. The third-order valence-electron chi connectivity index (χ3n) is 4.20. The van der Waals surface area contributed by atoms with Crippen LogP contribution in [0.2, 0.25) is 0 Å². The lowest BCUT2D eigenvalue weighted by atomic mass is 10.0. The Hall–Kier alpha value is -1.43. The number of benzene rings is 1. The summed E-state index contributed by atoms with van der Waals surface area (Å²) in [7, 11) is 0. The molecule has 1 aliphatic rings. The first-order valence-corrected chi connectivity index (χ1v) is 7.84. The van der Waals surface area contributed by atoms with Gasteiger partial charge in [-0.3, -0.25) is 9.69 Å². The SMILES string of the molecule is Cc1ccc(C)c(CC(=O)N2CCN(CCO)CC(O)C2)c1. The quantitative estimate of drug-likeness (QED) is 0.842. The van der Waals surface area contributed by atoms with E-state index in [1.807, 2.05) is 30.9 Å². The van der Waals surface area contributed by atoms with Crippen molar-refractivity contribution in [3.8, 4) is 0 Å². The first-order chi connectivity index (χ1) is 10.5. The number of hydrogen-bond acceptors (Lipinski definition) is 4. The normalized spacial score (nSPS) is 20.0. The lowest BCUT2D eigenvalue weighted by Gasteiger charge is -2.22. The standard InChI is InChI=1S/C17H26N2O3/c1-13-3-4-14(2)15(9-13)10-17(22)19-6-5-18(7-8-20)11-16(21)12-19/h3-4,9,16,20-21H,5-8,10-12H2,1-2H3. The molecule has 5 nitrogen and oxygen atoms in total. The predicted octanol–water partition coefficient (Wildman–Crippen LogP) is 0.343. The van der Waals surface area contributed by atoms with E-state index in [0.717, 1.165) is 16.7 Å². The summed E-state index contributed by atoms with van der Waals surface area (Å²) in [5, 5.41) is 19.1. The van der Waals surface area contributed by atoms with Gasteiger partial charge in [-0.25, -0.2) is 0 Å². The minimum absolute atomic E-state index is 0.0543. The van der Waals surface area contributed by atoms with E-state index < -0.39 is 6.10 Å². The summed E-state index contributed by atoms with van der Waals surface area (Å²) >= 11 is 0. The lowest BCUT2D eigenvalue weighted by Crippen LogP contribution is -2.38. The summed E-state index contributed by atoms with van der Waals surface area (Å²) in [4.78, 5) is 16.3. The molecule has 0 bridgehead atoms. The molecule has 1 aromatic rings. The van der Waals surface area contributed by atoms with E-state index >= 15 is 0 Å². The molecule has 22 heavy (non-hydrogen) atoms. The van der Waals surface area contributed by atoms with Crippen molar-refractivity contribution >= 4 is 5.91 Å². The average molecular weight is 306 g/mol. The van der Waals surface area contributed by atoms with Gasteiger partial charge in [0.05, 0.1) is 19.1 Å². The Morgan fingerprint density at radius 3 is 2.77 bits per heavy atom. The van der Waals surface area contributed by atoms with Crippen LogP contribution in [-0.2, 0) is 11.2 Å². The van der Waals surface area contributed by atoms with Gasteiger partial charge in [-0.05, 0) is 25.0 Å². The second kappa shape index (κ2) is 7.72. The maximum atomic E-state index is 12.5. The van der Waals surface area contributed by atoms with Gasteiger partial charge < -0.3 is 15.1 Å². The van der Waals surface area contributed by atoms with Gasteiger partial charge in [0.1, 0.15) is 0 Å². The van der Waals surface area contributed by atoms with Crippen LogP contribution in [0.25, 0.3) is 0 Å². The molecule has 1 amide bonds. The molecular formula is C17H26N2O3. The summed E-state index contributed by atoms with van der Waals surface area (Å²) in [6.45, 7) is 6.81. The molecule has 0 aromatic heterocycles. The van der Waals surface area contributed by atoms with Crippen LogP contribution < -0.4 is 0 Å². The minimum atomic E-state index is -0.559. The number of β-amino-alcohol motifs (C(OH)–C–C–N with tert-alkyl or cyclic N) is 2. The number of carbonyl (C=O) groups excluding carboxylic acids is 1. The number of rotatable bonds is 4. The Labute approximate surface area is 132 Å². The van der Waals surface area contributed by atoms with Gasteiger partial charge in [-0.1, -0.05) is 23.8 Å². The van der Waals surface area contributed by atoms with Crippen LogP contribution in [0.3, 0.4) is 0 Å². The van der Waals surface area contributed by atoms with E-state index in [2.05, 4.69) is 6.07 Å². The fourth-order valence-electron chi connectivity index (χ4n) is 2.89. The van der Waals surface area contributed by atoms with Crippen molar-refractivity contribution in [1.29, 1.82) is 0 Å². The van der Waals surface area contributed by atoms with Crippen molar-refractivity contribution in [3.63, 3.8) is 0 Å². The molecule has 1 atom stereocenters. The number of amides is 1. The molecule has 0 aliphatic carbocycles. The van der Waals surface area contributed by atoms with Crippen molar-refractivity contribution < 1.29 is 15.0 Å². The minimum Gasteiger partial charge on any atom is -0.395 e. The molecule has 0 spiro atoms. The fraction of sp³-hybridized carbons (Fsp3) is 0.588. The van der Waals surface area contributed by atoms with Gasteiger partial charge in [0, 0.05) is 32.7 Å². The van der Waals surface area contributed by atoms with Gasteiger partial charge in [-0.15, -0.1) is 0 Å². The van der Waals surface area contributed by atoms with Crippen LogP contribution in [0.4, 0.5) is 0 Å². The smallest absolute Gasteiger partial charge is 0.227 e. The Balaban J connectivity index is 2.01. The summed E-state index contributed by atoms with van der Waals surface area (Å²) in [6.07, 6.45) is -0.183. The largest absolute Gasteiger partial charge is 0.395 e. The number of aryl methyl sites for hydroxylation is 2. The molecule has 0 saturated carbocycles. The molecule has 1 unspecified atom stereocenters. The van der Waals surface area contributed by atoms with Crippen molar-refractivity contribution in [2.75, 3.05) is 39.3 Å². The molecule has 0 radical (unpaired) electrons. The fourth-order valence-corrected chi connectivity index (χ4v) is 2.89. The molecular weight excluding hydrogens is 280 g/mol. The van der Waals surface area contributed by atoms with Crippen LogP contribution in [0.5, 0.6) is 0 Å². The maximum Gasteiger partial charge on any atom is 0.227 e. The molecule has 2 rings (SSSR count). The van der Waals surface area contributed by atoms with Crippen molar-refractivity contribution in [2.24, 2.45) is 0 Å². The number of nitrogens with zero attached hydrogens (tertiary/aromatic N) is 2. The van der Waals surface area contributed by atoms with Gasteiger partial charge in [0.15, 0.2) is 0 Å². The van der Waals surface area contributed by atoms with Crippen molar-refractivity contribution in [1.82, 2.24) is 9.80 Å². The van der Waals surface area contributed by atoms with E-state index in [0.29, 0.717) is 39.1 Å². The number of aliphatic hydroxyl groups excluding tert-OH is 2. The van der Waals surface area contributed by atoms with Crippen LogP contribution in [0, 0.1) is 13.8 Å². The summed E-state index contributed by atoms with van der Waals surface area (Å²) in [5.41, 5.74) is 3.32. The van der Waals surface area contributed by atoms with E-state index in [4.69, 9.17) is 5.11 Å². The number of hydrogen-bond donors (Lipinski definition) is 2. The van der Waals surface area contributed by atoms with Gasteiger partial charge in [0.25, 0.3) is 0 Å². The molecule has 2 N–H and O–H groups in total. The Kier molecular flexibility index (Phi) is 5.94. The third kappa shape index (κ3) is 4.53. The maximum absolute atomic E-state index is 12.5. The van der Waals surface area contributed by atoms with E-state index in [1.54, 1.807) is 4.90 Å². The van der Waals surface area contributed by atoms with E-state index in [-0.39, 0.29) is 12.5 Å². The van der Waals surface area contributed by atoms with Crippen molar-refractivity contribution in [3.05, 3.63) is 34.9 Å². The second-order valence-corrected chi connectivity index (χ2v) is 6.12. The molecule has 1 saturated heterocycles. The van der Waals surface area contributed by atoms with Crippen molar-refractivity contribution in [2.45, 2.75) is 26.4 Å². The molecule has 1 fully saturated rings. The van der Waals surface area contributed by atoms with Gasteiger partial charge in [-0.2, -0.15) is 0 Å². The highest BCUT2D eigenvalue weighted by Gasteiger charge is 2.24. The Morgan fingerprint density at radius 1 is 1.27 bits per heavy atom. The van der Waals surface area contributed by atoms with Crippen LogP contribution in [0.15, 0.2) is 18.2 Å². The third-order valence-corrected chi connectivity index (χ3v) is 4.20. The zero-order valence-corrected chi connectivity index (χ0v) is 13.5.